The third-order valence-corrected chi connectivity index (χ3v) is 11.7. The number of hydrogen-bond acceptors (Lipinski definition) is 6. The molecule has 0 saturated heterocycles. The molecule has 9 aromatic rings. The van der Waals surface area contributed by atoms with Gasteiger partial charge in [0, 0.05) is 67.7 Å². The van der Waals surface area contributed by atoms with Crippen LogP contribution in [0.25, 0.3) is 84.3 Å². The monoisotopic (exact) mass is 734 g/mol. The van der Waals surface area contributed by atoms with Crippen molar-refractivity contribution in [1.82, 2.24) is 15.0 Å². The van der Waals surface area contributed by atoms with Gasteiger partial charge in [0.25, 0.3) is 0 Å². The van der Waals surface area contributed by atoms with E-state index in [4.69, 9.17) is 23.8 Å². The van der Waals surface area contributed by atoms with Crippen molar-refractivity contribution in [1.29, 1.82) is 0 Å². The van der Waals surface area contributed by atoms with Gasteiger partial charge in [0.05, 0.1) is 5.69 Å². The summed E-state index contributed by atoms with van der Waals surface area (Å²) in [5.74, 6) is 3.29. The first-order chi connectivity index (χ1) is 28.2. The summed E-state index contributed by atoms with van der Waals surface area (Å²) in [6, 6.07) is 46.3. The summed E-state index contributed by atoms with van der Waals surface area (Å²) in [5.41, 5.74) is 13.8. The molecule has 0 fully saturated rings. The van der Waals surface area contributed by atoms with Gasteiger partial charge in [-0.15, -0.1) is 0 Å². The standard InChI is InChI=1S/C51H34N4O2/c1-3-12-32(13-4-1)49-52-50(33-14-5-2-6-15-33)54-51(53-49)34-24-22-31(23-25-34)36-18-11-19-39-41-28-35(26-27-46(41)57-48(36)39)55-43-20-9-7-16-37(43)40-30-47-42(29-44(40)55)38-17-8-10-21-45(38)56-47/h1-9,11-15,17-20,22-30,37H,10,16,21H2. The lowest BCUT2D eigenvalue weighted by atomic mass is 9.91. The fraction of sp³-hybridized carbons (Fsp3) is 0.0784. The molecule has 0 amide bonds. The van der Waals surface area contributed by atoms with Crippen LogP contribution in [0.4, 0.5) is 11.4 Å². The van der Waals surface area contributed by atoms with Crippen molar-refractivity contribution >= 4 is 50.4 Å². The van der Waals surface area contributed by atoms with E-state index in [1.807, 2.05) is 60.7 Å². The Labute approximate surface area is 328 Å². The number of para-hydroxylation sites is 1. The van der Waals surface area contributed by atoms with Crippen molar-refractivity contribution in [2.45, 2.75) is 25.2 Å². The van der Waals surface area contributed by atoms with Gasteiger partial charge in [-0.2, -0.15) is 0 Å². The molecular formula is C51H34N4O2. The molecule has 12 rings (SSSR count). The molecule has 4 heterocycles. The van der Waals surface area contributed by atoms with Crippen molar-refractivity contribution in [3.63, 3.8) is 0 Å². The molecule has 0 bridgehead atoms. The maximum Gasteiger partial charge on any atom is 0.164 e. The summed E-state index contributed by atoms with van der Waals surface area (Å²) in [4.78, 5) is 17.2. The highest BCUT2D eigenvalue weighted by molar-refractivity contribution is 6.11. The van der Waals surface area contributed by atoms with E-state index >= 15 is 0 Å². The second-order valence-corrected chi connectivity index (χ2v) is 15.0. The summed E-state index contributed by atoms with van der Waals surface area (Å²) in [6.45, 7) is 0. The number of nitrogens with zero attached hydrogens (tertiary/aromatic N) is 4. The molecule has 3 aliphatic rings. The first-order valence-electron chi connectivity index (χ1n) is 19.6. The minimum absolute atomic E-state index is 0.283. The summed E-state index contributed by atoms with van der Waals surface area (Å²) >= 11 is 0. The molecule has 3 aromatic heterocycles. The minimum atomic E-state index is 0.283. The normalized spacial score (nSPS) is 15.6. The highest BCUT2D eigenvalue weighted by Crippen LogP contribution is 2.53. The average Bonchev–Trinajstić information content (AvgIpc) is 3.95. The molecule has 1 unspecified atom stereocenters. The first-order valence-corrected chi connectivity index (χ1v) is 19.6. The van der Waals surface area contributed by atoms with E-state index in [2.05, 4.69) is 108 Å². The summed E-state index contributed by atoms with van der Waals surface area (Å²) < 4.78 is 13.1. The maximum atomic E-state index is 6.69. The Morgan fingerprint density at radius 2 is 1.30 bits per heavy atom. The topological polar surface area (TPSA) is 68.2 Å². The van der Waals surface area contributed by atoms with E-state index in [-0.39, 0.29) is 5.92 Å². The van der Waals surface area contributed by atoms with E-state index in [9.17, 15) is 0 Å². The molecule has 1 atom stereocenters. The molecule has 0 radical (unpaired) electrons. The van der Waals surface area contributed by atoms with Crippen molar-refractivity contribution in [2.24, 2.45) is 0 Å². The molecule has 270 valence electrons. The third kappa shape index (κ3) is 5.14. The van der Waals surface area contributed by atoms with Crippen molar-refractivity contribution < 1.29 is 8.83 Å². The predicted octanol–water partition coefficient (Wildman–Crippen LogP) is 13.2. The van der Waals surface area contributed by atoms with Gasteiger partial charge in [-0.3, -0.25) is 0 Å². The van der Waals surface area contributed by atoms with Crippen LogP contribution >= 0.6 is 0 Å². The SMILES string of the molecule is C1=CCC2C(=C1)N(c1ccc3oc4c(-c5ccc(-c6nc(-c7ccccc7)nc(-c7ccccc7)n6)cc5)cccc4c3c1)c1cc3c4c(oc3cc12)CCC=C4. The van der Waals surface area contributed by atoms with Crippen LogP contribution in [0.3, 0.4) is 0 Å². The van der Waals surface area contributed by atoms with E-state index in [1.165, 1.54) is 27.9 Å². The van der Waals surface area contributed by atoms with Gasteiger partial charge in [0.15, 0.2) is 17.5 Å². The van der Waals surface area contributed by atoms with E-state index in [0.717, 1.165) is 86.0 Å². The molecule has 6 aromatic carbocycles. The van der Waals surface area contributed by atoms with Crippen LogP contribution in [-0.4, -0.2) is 15.0 Å². The van der Waals surface area contributed by atoms with Crippen molar-refractivity contribution in [3.8, 4) is 45.3 Å². The fourth-order valence-electron chi connectivity index (χ4n) is 8.93. The molecule has 0 spiro atoms. The Bertz CT molecular complexity index is 3100. The molecule has 0 saturated carbocycles. The van der Waals surface area contributed by atoms with Crippen LogP contribution in [-0.2, 0) is 6.42 Å². The molecule has 57 heavy (non-hydrogen) atoms. The predicted molar refractivity (Wildman–Crippen MR) is 229 cm³/mol. The highest BCUT2D eigenvalue weighted by atomic mass is 16.3. The van der Waals surface area contributed by atoms with Crippen LogP contribution in [0, 0.1) is 0 Å². The summed E-state index contributed by atoms with van der Waals surface area (Å²) in [6.07, 6.45) is 14.2. The van der Waals surface area contributed by atoms with Gasteiger partial charge in [0.1, 0.15) is 22.5 Å². The van der Waals surface area contributed by atoms with Crippen LogP contribution < -0.4 is 4.90 Å². The van der Waals surface area contributed by atoms with Crippen LogP contribution in [0.15, 0.2) is 172 Å². The Kier molecular flexibility index (Phi) is 7.08. The molecule has 0 N–H and O–H groups in total. The quantitative estimate of drug-likeness (QED) is 0.175. The lowest BCUT2D eigenvalue weighted by Crippen LogP contribution is -2.14. The zero-order chi connectivity index (χ0) is 37.5. The number of hydrogen-bond donors (Lipinski definition) is 0. The van der Waals surface area contributed by atoms with Crippen LogP contribution in [0.2, 0.25) is 0 Å². The number of furan rings is 2. The molecular weight excluding hydrogens is 701 g/mol. The Morgan fingerprint density at radius 3 is 2.05 bits per heavy atom. The van der Waals surface area contributed by atoms with Gasteiger partial charge >= 0.3 is 0 Å². The zero-order valence-corrected chi connectivity index (χ0v) is 30.9. The molecule has 1 aliphatic heterocycles. The Balaban J connectivity index is 0.934. The van der Waals surface area contributed by atoms with E-state index in [1.54, 1.807) is 0 Å². The third-order valence-electron chi connectivity index (χ3n) is 11.7. The first kappa shape index (κ1) is 32.0. The van der Waals surface area contributed by atoms with E-state index < -0.39 is 0 Å². The van der Waals surface area contributed by atoms with Crippen LogP contribution in [0.1, 0.15) is 35.6 Å². The average molecular weight is 735 g/mol. The lowest BCUT2D eigenvalue weighted by molar-refractivity contribution is 0.546. The smallest absolute Gasteiger partial charge is 0.164 e. The second-order valence-electron chi connectivity index (χ2n) is 15.0. The second kappa shape index (κ2) is 12.6. The Hall–Kier alpha value is -7.31. The highest BCUT2D eigenvalue weighted by Gasteiger charge is 2.36. The van der Waals surface area contributed by atoms with Crippen molar-refractivity contribution in [3.05, 3.63) is 180 Å². The van der Waals surface area contributed by atoms with E-state index in [0.29, 0.717) is 17.5 Å². The Morgan fingerprint density at radius 1 is 0.579 bits per heavy atom. The molecule has 6 heteroatoms. The summed E-state index contributed by atoms with van der Waals surface area (Å²) in [5, 5.41) is 3.37. The largest absolute Gasteiger partial charge is 0.460 e. The van der Waals surface area contributed by atoms with Crippen LogP contribution in [0.5, 0.6) is 0 Å². The number of aromatic nitrogens is 3. The molecule has 2 aliphatic carbocycles. The number of benzene rings is 6. The molecule has 6 nitrogen and oxygen atoms in total. The van der Waals surface area contributed by atoms with Gasteiger partial charge < -0.3 is 13.7 Å². The number of allylic oxidation sites excluding steroid dienone is 5. The van der Waals surface area contributed by atoms with Gasteiger partial charge in [0.2, 0.25) is 0 Å². The van der Waals surface area contributed by atoms with Gasteiger partial charge in [-0.1, -0.05) is 127 Å². The zero-order valence-electron chi connectivity index (χ0n) is 30.9. The minimum Gasteiger partial charge on any atom is -0.460 e. The number of fused-ring (bicyclic) bond motifs is 9. The summed E-state index contributed by atoms with van der Waals surface area (Å²) in [7, 11) is 0. The lowest BCUT2D eigenvalue weighted by Gasteiger charge is -2.24. The van der Waals surface area contributed by atoms with Gasteiger partial charge in [-0.25, -0.2) is 15.0 Å². The maximum absolute atomic E-state index is 6.69. The van der Waals surface area contributed by atoms with Crippen molar-refractivity contribution in [2.75, 3.05) is 4.90 Å². The van der Waals surface area contributed by atoms with Gasteiger partial charge in [-0.05, 0) is 60.4 Å². The number of rotatable bonds is 5. The number of aryl methyl sites for hydroxylation is 1. The number of anilines is 2. The fourth-order valence-corrected chi connectivity index (χ4v) is 8.93.